The molecule has 0 spiro atoms. The van der Waals surface area contributed by atoms with Crippen LogP contribution in [-0.2, 0) is 14.4 Å². The summed E-state index contributed by atoms with van der Waals surface area (Å²) in [5.74, 6) is -1.14. The van der Waals surface area contributed by atoms with Crippen LogP contribution >= 0.6 is 11.3 Å². The van der Waals surface area contributed by atoms with Crippen LogP contribution < -0.4 is 5.32 Å². The van der Waals surface area contributed by atoms with Crippen LogP contribution in [0.15, 0.2) is 47.9 Å². The number of anilines is 1. The lowest BCUT2D eigenvalue weighted by Crippen LogP contribution is -2.39. The zero-order valence-electron chi connectivity index (χ0n) is 19.8. The van der Waals surface area contributed by atoms with Crippen LogP contribution in [0.25, 0.3) is 16.9 Å². The highest BCUT2D eigenvalue weighted by molar-refractivity contribution is 7.14. The van der Waals surface area contributed by atoms with Crippen LogP contribution in [0, 0.1) is 44.4 Å². The second-order valence-electron chi connectivity index (χ2n) is 9.80. The minimum Gasteiger partial charge on any atom is -0.318 e. The smallest absolute Gasteiger partial charge is 0.246 e. The average molecular weight is 487 g/mol. The maximum absolute atomic E-state index is 12.8. The third-order valence-electron chi connectivity index (χ3n) is 7.61. The van der Waals surface area contributed by atoms with Crippen molar-refractivity contribution in [1.82, 2.24) is 14.5 Å². The van der Waals surface area contributed by atoms with Crippen molar-refractivity contribution < 1.29 is 14.4 Å². The molecule has 7 nitrogen and oxygen atoms in total. The molecule has 8 heteroatoms. The fraction of sp³-hybridized carbons (Fsp3) is 0.333. The number of carbonyl (C=O) groups excluding carboxylic acids is 3. The van der Waals surface area contributed by atoms with E-state index in [9.17, 15) is 14.4 Å². The molecule has 1 aromatic carbocycles. The van der Waals surface area contributed by atoms with Gasteiger partial charge in [-0.1, -0.05) is 29.8 Å². The number of imide groups is 1. The van der Waals surface area contributed by atoms with Gasteiger partial charge in [0, 0.05) is 28.0 Å². The van der Waals surface area contributed by atoms with E-state index in [1.807, 2.05) is 17.5 Å². The number of rotatable bonds is 5. The predicted molar refractivity (Wildman–Crippen MR) is 134 cm³/mol. The van der Waals surface area contributed by atoms with Gasteiger partial charge in [0.2, 0.25) is 17.7 Å². The Balaban J connectivity index is 1.16. The van der Waals surface area contributed by atoms with E-state index in [0.29, 0.717) is 5.13 Å². The monoisotopic (exact) mass is 486 g/mol. The normalized spacial score (nSPS) is 24.5. The molecule has 3 aliphatic rings. The number of thiazole rings is 1. The minimum absolute atomic E-state index is 0.134. The Morgan fingerprint density at radius 1 is 1.06 bits per heavy atom. The summed E-state index contributed by atoms with van der Waals surface area (Å²) in [4.78, 5) is 44.2. The summed E-state index contributed by atoms with van der Waals surface area (Å²) in [5, 5.41) is 5.15. The Morgan fingerprint density at radius 3 is 2.37 bits per heavy atom. The van der Waals surface area contributed by atoms with Crippen molar-refractivity contribution in [2.24, 2.45) is 23.7 Å². The SMILES string of the molecule is Cc1ccc(-n2c(C)cc(-c3csc(NC(=O)CN4C(=O)[C@@H]5[C@@H](C4=O)[C@H]4C=C[C@H]5C4)n3)c2C)cc1. The lowest BCUT2D eigenvalue weighted by Gasteiger charge is -2.16. The average Bonchev–Trinajstić information content (AvgIpc) is 3.64. The fourth-order valence-corrected chi connectivity index (χ4v) is 6.72. The number of nitrogens with zero attached hydrogens (tertiary/aromatic N) is 3. The van der Waals surface area contributed by atoms with Gasteiger partial charge in [0.1, 0.15) is 6.54 Å². The molecule has 2 bridgehead atoms. The summed E-state index contributed by atoms with van der Waals surface area (Å²) >= 11 is 1.33. The first-order valence-corrected chi connectivity index (χ1v) is 12.7. The van der Waals surface area contributed by atoms with Gasteiger partial charge in [-0.25, -0.2) is 4.98 Å². The number of aromatic nitrogens is 2. The topological polar surface area (TPSA) is 84.3 Å². The molecule has 0 unspecified atom stereocenters. The van der Waals surface area contributed by atoms with Crippen LogP contribution in [0.5, 0.6) is 0 Å². The molecule has 0 radical (unpaired) electrons. The minimum atomic E-state index is -0.405. The molecule has 178 valence electrons. The zero-order valence-corrected chi connectivity index (χ0v) is 20.6. The molecule has 6 rings (SSSR count). The number of hydrogen-bond acceptors (Lipinski definition) is 5. The van der Waals surface area contributed by atoms with E-state index in [1.165, 1.54) is 16.9 Å². The molecule has 35 heavy (non-hydrogen) atoms. The molecule has 3 aromatic rings. The van der Waals surface area contributed by atoms with Crippen molar-refractivity contribution in [3.8, 4) is 16.9 Å². The molecule has 1 aliphatic heterocycles. The van der Waals surface area contributed by atoms with E-state index >= 15 is 0 Å². The second-order valence-corrected chi connectivity index (χ2v) is 10.7. The van der Waals surface area contributed by atoms with Gasteiger partial charge in [-0.05, 0) is 57.2 Å². The van der Waals surface area contributed by atoms with E-state index in [0.717, 1.165) is 39.7 Å². The number of benzene rings is 1. The number of aryl methyl sites for hydroxylation is 2. The predicted octanol–water partition coefficient (Wildman–Crippen LogP) is 4.27. The number of nitrogens with one attached hydrogen (secondary N) is 1. The van der Waals surface area contributed by atoms with Crippen molar-refractivity contribution >= 4 is 34.2 Å². The van der Waals surface area contributed by atoms with Crippen LogP contribution in [-0.4, -0.2) is 38.7 Å². The summed E-state index contributed by atoms with van der Waals surface area (Å²) < 4.78 is 2.19. The third-order valence-corrected chi connectivity index (χ3v) is 8.37. The van der Waals surface area contributed by atoms with Crippen LogP contribution in [0.3, 0.4) is 0 Å². The van der Waals surface area contributed by atoms with Gasteiger partial charge in [0.15, 0.2) is 5.13 Å². The summed E-state index contributed by atoms with van der Waals surface area (Å²) in [7, 11) is 0. The lowest BCUT2D eigenvalue weighted by molar-refractivity contribution is -0.143. The quantitative estimate of drug-likeness (QED) is 0.431. The number of fused-ring (bicyclic) bond motifs is 5. The van der Waals surface area contributed by atoms with Crippen LogP contribution in [0.4, 0.5) is 5.13 Å². The first-order valence-electron chi connectivity index (χ1n) is 11.9. The molecule has 3 amide bonds. The van der Waals surface area contributed by atoms with Gasteiger partial charge < -0.3 is 9.88 Å². The highest BCUT2D eigenvalue weighted by atomic mass is 32.1. The Morgan fingerprint density at radius 2 is 1.71 bits per heavy atom. The standard InChI is InChI=1S/C27H26N4O3S/c1-14-4-8-19(9-5-14)31-15(2)10-20(16(31)3)21-13-35-27(28-21)29-22(32)12-30-25(33)23-17-6-7-18(11-17)24(23)26(30)34/h4-10,13,17-18,23-24H,11-12H2,1-3H3,(H,28,29,32)/t17-,18-,23-,24-/m0/s1. The number of amides is 3. The highest BCUT2D eigenvalue weighted by Gasteiger charge is 2.59. The molecule has 2 fully saturated rings. The first kappa shape index (κ1) is 22.0. The number of allylic oxidation sites excluding steroid dienone is 2. The summed E-state index contributed by atoms with van der Waals surface area (Å²) in [6.07, 6.45) is 4.97. The van der Waals surface area contributed by atoms with Gasteiger partial charge in [0.25, 0.3) is 0 Å². The van der Waals surface area contributed by atoms with Crippen molar-refractivity contribution in [2.75, 3.05) is 11.9 Å². The van der Waals surface area contributed by atoms with Gasteiger partial charge >= 0.3 is 0 Å². The Bertz CT molecular complexity index is 1370. The molecule has 1 saturated carbocycles. The van der Waals surface area contributed by atoms with Crippen molar-refractivity contribution in [3.63, 3.8) is 0 Å². The largest absolute Gasteiger partial charge is 0.318 e. The molecular formula is C27H26N4O3S. The molecule has 2 aromatic heterocycles. The second kappa shape index (κ2) is 8.02. The third kappa shape index (κ3) is 3.46. The summed E-state index contributed by atoms with van der Waals surface area (Å²) in [6, 6.07) is 10.5. The number of likely N-dealkylation sites (tertiary alicyclic amines) is 1. The summed E-state index contributed by atoms with van der Waals surface area (Å²) in [6.45, 7) is 5.93. The van der Waals surface area contributed by atoms with Crippen molar-refractivity contribution in [2.45, 2.75) is 27.2 Å². The fourth-order valence-electron chi connectivity index (χ4n) is 5.99. The van der Waals surface area contributed by atoms with E-state index in [1.54, 1.807) is 0 Å². The van der Waals surface area contributed by atoms with E-state index < -0.39 is 5.91 Å². The highest BCUT2D eigenvalue weighted by Crippen LogP contribution is 2.52. The molecule has 1 N–H and O–H groups in total. The number of hydrogen-bond donors (Lipinski definition) is 1. The molecule has 2 aliphatic carbocycles. The van der Waals surface area contributed by atoms with Crippen molar-refractivity contribution in [1.29, 1.82) is 0 Å². The zero-order chi connectivity index (χ0) is 24.4. The van der Waals surface area contributed by atoms with Crippen LogP contribution in [0.1, 0.15) is 23.4 Å². The Labute approximate surface area is 207 Å². The van der Waals surface area contributed by atoms with E-state index in [4.69, 9.17) is 0 Å². The number of carbonyl (C=O) groups is 3. The lowest BCUT2D eigenvalue weighted by atomic mass is 9.85. The maximum atomic E-state index is 12.8. The van der Waals surface area contributed by atoms with Gasteiger partial charge in [-0.2, -0.15) is 0 Å². The van der Waals surface area contributed by atoms with Gasteiger partial charge in [-0.3, -0.25) is 19.3 Å². The maximum Gasteiger partial charge on any atom is 0.246 e. The van der Waals surface area contributed by atoms with Crippen molar-refractivity contribution in [3.05, 3.63) is 64.8 Å². The molecule has 1 saturated heterocycles. The molecule has 3 heterocycles. The first-order chi connectivity index (χ1) is 16.8. The Kier molecular flexibility index (Phi) is 5.03. The van der Waals surface area contributed by atoms with E-state index in [-0.39, 0.29) is 42.0 Å². The molecule has 4 atom stereocenters. The molecular weight excluding hydrogens is 460 g/mol. The van der Waals surface area contributed by atoms with Gasteiger partial charge in [-0.15, -0.1) is 11.3 Å². The van der Waals surface area contributed by atoms with E-state index in [2.05, 4.69) is 66.0 Å². The van der Waals surface area contributed by atoms with Gasteiger partial charge in [0.05, 0.1) is 17.5 Å². The van der Waals surface area contributed by atoms with Crippen LogP contribution in [0.2, 0.25) is 0 Å². The Hall–Kier alpha value is -3.52. The summed E-state index contributed by atoms with van der Waals surface area (Å²) in [5.41, 5.74) is 6.25.